The molecule has 2 saturated heterocycles. The second kappa shape index (κ2) is 4.72. The first kappa shape index (κ1) is 11.1. The summed E-state index contributed by atoms with van der Waals surface area (Å²) in [5.74, 6) is 0. The highest BCUT2D eigenvalue weighted by Crippen LogP contribution is 2.40. The van der Waals surface area contributed by atoms with Crippen LogP contribution in [-0.2, 0) is 18.9 Å². The van der Waals surface area contributed by atoms with Crippen LogP contribution in [0.15, 0.2) is 9.85 Å². The molecular formula is C10H11BrO4S. The molecule has 0 N–H and O–H groups in total. The van der Waals surface area contributed by atoms with E-state index in [1.54, 1.807) is 11.3 Å². The van der Waals surface area contributed by atoms with Crippen molar-refractivity contribution in [2.24, 2.45) is 0 Å². The van der Waals surface area contributed by atoms with Crippen LogP contribution in [0.25, 0.3) is 0 Å². The van der Waals surface area contributed by atoms with Gasteiger partial charge in [0.2, 0.25) is 0 Å². The Morgan fingerprint density at radius 1 is 1.00 bits per heavy atom. The molecule has 0 radical (unpaired) electrons. The lowest BCUT2D eigenvalue weighted by Gasteiger charge is -2.13. The van der Waals surface area contributed by atoms with Gasteiger partial charge in [-0.1, -0.05) is 0 Å². The number of hydrogen-bond acceptors (Lipinski definition) is 5. The van der Waals surface area contributed by atoms with E-state index in [4.69, 9.17) is 18.9 Å². The molecule has 0 bridgehead atoms. The third-order valence-electron chi connectivity index (χ3n) is 2.47. The number of hydrogen-bond donors (Lipinski definition) is 0. The summed E-state index contributed by atoms with van der Waals surface area (Å²) in [5.41, 5.74) is 1.02. The Bertz CT molecular complexity index is 335. The maximum atomic E-state index is 5.51. The van der Waals surface area contributed by atoms with Gasteiger partial charge >= 0.3 is 0 Å². The van der Waals surface area contributed by atoms with Crippen molar-refractivity contribution < 1.29 is 18.9 Å². The van der Waals surface area contributed by atoms with Crippen LogP contribution in [0.1, 0.15) is 23.0 Å². The third-order valence-corrected chi connectivity index (χ3v) is 4.15. The van der Waals surface area contributed by atoms with Gasteiger partial charge in [-0.15, -0.1) is 11.3 Å². The molecule has 2 fully saturated rings. The first-order valence-corrected chi connectivity index (χ1v) is 6.71. The zero-order chi connectivity index (χ0) is 11.0. The molecule has 0 aromatic carbocycles. The van der Waals surface area contributed by atoms with Crippen molar-refractivity contribution in [3.8, 4) is 0 Å². The topological polar surface area (TPSA) is 36.9 Å². The van der Waals surface area contributed by atoms with Gasteiger partial charge in [0.1, 0.15) is 0 Å². The molecule has 88 valence electrons. The smallest absolute Gasteiger partial charge is 0.193 e. The van der Waals surface area contributed by atoms with Crippen LogP contribution in [0.3, 0.4) is 0 Å². The fourth-order valence-corrected chi connectivity index (χ4v) is 3.47. The molecule has 3 heterocycles. The molecule has 0 spiro atoms. The maximum Gasteiger partial charge on any atom is 0.193 e. The zero-order valence-corrected chi connectivity index (χ0v) is 10.9. The van der Waals surface area contributed by atoms with E-state index in [0.29, 0.717) is 26.4 Å². The van der Waals surface area contributed by atoms with Gasteiger partial charge in [0.15, 0.2) is 12.6 Å². The number of halogens is 1. The molecule has 6 heteroatoms. The molecule has 2 aliphatic rings. The highest BCUT2D eigenvalue weighted by atomic mass is 79.9. The molecule has 2 aliphatic heterocycles. The van der Waals surface area contributed by atoms with E-state index in [2.05, 4.69) is 15.9 Å². The highest BCUT2D eigenvalue weighted by molar-refractivity contribution is 9.11. The number of rotatable bonds is 2. The van der Waals surface area contributed by atoms with E-state index < -0.39 is 0 Å². The van der Waals surface area contributed by atoms with Crippen LogP contribution in [0.4, 0.5) is 0 Å². The molecule has 0 unspecified atom stereocenters. The SMILES string of the molecule is Brc1cc(C2OCCO2)c(C2OCCO2)s1. The molecule has 16 heavy (non-hydrogen) atoms. The van der Waals surface area contributed by atoms with E-state index >= 15 is 0 Å². The minimum Gasteiger partial charge on any atom is -0.346 e. The van der Waals surface area contributed by atoms with Gasteiger partial charge < -0.3 is 18.9 Å². The summed E-state index contributed by atoms with van der Waals surface area (Å²) in [6.45, 7) is 2.58. The van der Waals surface area contributed by atoms with Crippen molar-refractivity contribution in [1.29, 1.82) is 0 Å². The van der Waals surface area contributed by atoms with Crippen molar-refractivity contribution in [1.82, 2.24) is 0 Å². The summed E-state index contributed by atoms with van der Waals surface area (Å²) in [4.78, 5) is 1.04. The van der Waals surface area contributed by atoms with Crippen LogP contribution in [0.5, 0.6) is 0 Å². The Morgan fingerprint density at radius 2 is 1.56 bits per heavy atom. The van der Waals surface area contributed by atoms with Gasteiger partial charge in [-0.05, 0) is 22.0 Å². The summed E-state index contributed by atoms with van der Waals surface area (Å²) in [5, 5.41) is 0. The Balaban J connectivity index is 1.90. The van der Waals surface area contributed by atoms with Gasteiger partial charge in [-0.25, -0.2) is 0 Å². The van der Waals surface area contributed by atoms with Gasteiger partial charge in [0, 0.05) is 5.56 Å². The van der Waals surface area contributed by atoms with Gasteiger partial charge in [-0.2, -0.15) is 0 Å². The predicted octanol–water partition coefficient (Wildman–Crippen LogP) is 2.60. The quantitative estimate of drug-likeness (QED) is 0.841. The van der Waals surface area contributed by atoms with E-state index in [0.717, 1.165) is 14.2 Å². The standard InChI is InChI=1S/C10H11BrO4S/c11-7-5-6(9-12-1-2-13-9)8(16-7)10-14-3-4-15-10/h5,9-10H,1-4H2. The average Bonchev–Trinajstić information content (AvgIpc) is 2.98. The number of ether oxygens (including phenoxy) is 4. The fraction of sp³-hybridized carbons (Fsp3) is 0.600. The lowest BCUT2D eigenvalue weighted by atomic mass is 10.2. The molecule has 4 nitrogen and oxygen atoms in total. The molecule has 0 amide bonds. The third kappa shape index (κ3) is 2.05. The Morgan fingerprint density at radius 3 is 2.19 bits per heavy atom. The van der Waals surface area contributed by atoms with Gasteiger partial charge in [0.05, 0.1) is 35.1 Å². The zero-order valence-electron chi connectivity index (χ0n) is 8.48. The van der Waals surface area contributed by atoms with Gasteiger partial charge in [0.25, 0.3) is 0 Å². The van der Waals surface area contributed by atoms with Crippen molar-refractivity contribution in [3.05, 3.63) is 20.3 Å². The minimum atomic E-state index is -0.273. The summed E-state index contributed by atoms with van der Waals surface area (Å²) in [7, 11) is 0. The molecule has 3 rings (SSSR count). The van der Waals surface area contributed by atoms with Crippen molar-refractivity contribution in [2.45, 2.75) is 12.6 Å². The van der Waals surface area contributed by atoms with Crippen LogP contribution >= 0.6 is 27.3 Å². The second-order valence-electron chi connectivity index (χ2n) is 3.52. The lowest BCUT2D eigenvalue weighted by molar-refractivity contribution is -0.0613. The summed E-state index contributed by atoms with van der Waals surface area (Å²) in [6.07, 6.45) is -0.538. The molecule has 0 aliphatic carbocycles. The van der Waals surface area contributed by atoms with E-state index in [1.165, 1.54) is 0 Å². The second-order valence-corrected chi connectivity index (χ2v) is 5.98. The Labute approximate surface area is 106 Å². The monoisotopic (exact) mass is 306 g/mol. The summed E-state index contributed by atoms with van der Waals surface area (Å²) < 4.78 is 23.1. The van der Waals surface area contributed by atoms with E-state index in [1.807, 2.05) is 6.07 Å². The molecule has 0 saturated carbocycles. The summed E-state index contributed by atoms with van der Waals surface area (Å²) >= 11 is 5.08. The van der Waals surface area contributed by atoms with Crippen LogP contribution in [0, 0.1) is 0 Å². The fourth-order valence-electron chi connectivity index (χ4n) is 1.80. The molecule has 0 atom stereocenters. The minimum absolute atomic E-state index is 0.265. The lowest BCUT2D eigenvalue weighted by Crippen LogP contribution is -2.04. The van der Waals surface area contributed by atoms with E-state index in [-0.39, 0.29) is 12.6 Å². The van der Waals surface area contributed by atoms with Crippen molar-refractivity contribution in [3.63, 3.8) is 0 Å². The van der Waals surface area contributed by atoms with E-state index in [9.17, 15) is 0 Å². The van der Waals surface area contributed by atoms with Crippen molar-refractivity contribution >= 4 is 27.3 Å². The van der Waals surface area contributed by atoms with Crippen molar-refractivity contribution in [2.75, 3.05) is 26.4 Å². The Hall–Kier alpha value is 0.0200. The average molecular weight is 307 g/mol. The van der Waals surface area contributed by atoms with Crippen LogP contribution in [-0.4, -0.2) is 26.4 Å². The first-order valence-electron chi connectivity index (χ1n) is 5.10. The van der Waals surface area contributed by atoms with Gasteiger partial charge in [-0.3, -0.25) is 0 Å². The normalized spacial score (nSPS) is 23.3. The summed E-state index contributed by atoms with van der Waals surface area (Å²) in [6, 6.07) is 2.01. The first-order chi connectivity index (χ1) is 7.84. The predicted molar refractivity (Wildman–Crippen MR) is 61.3 cm³/mol. The molecular weight excluding hydrogens is 296 g/mol. The highest BCUT2D eigenvalue weighted by Gasteiger charge is 2.30. The molecule has 1 aromatic rings. The maximum absolute atomic E-state index is 5.51. The largest absolute Gasteiger partial charge is 0.346 e. The molecule has 1 aromatic heterocycles. The Kier molecular flexibility index (Phi) is 3.28. The van der Waals surface area contributed by atoms with Crippen LogP contribution < -0.4 is 0 Å². The van der Waals surface area contributed by atoms with Crippen LogP contribution in [0.2, 0.25) is 0 Å². The number of thiophene rings is 1.